The van der Waals surface area contributed by atoms with Gasteiger partial charge in [0, 0.05) is 5.56 Å². The monoisotopic (exact) mass is 203 g/mol. The lowest BCUT2D eigenvalue weighted by Crippen LogP contribution is -2.36. The molecule has 1 fully saturated rings. The molecule has 0 amide bonds. The fourth-order valence-corrected chi connectivity index (χ4v) is 2.14. The third-order valence-electron chi connectivity index (χ3n) is 3.13. The molecule has 1 aromatic carbocycles. The Balaban J connectivity index is 2.07. The summed E-state index contributed by atoms with van der Waals surface area (Å²) in [7, 11) is 0. The highest BCUT2D eigenvalue weighted by Crippen LogP contribution is 2.15. The van der Waals surface area contributed by atoms with Crippen LogP contribution in [0.25, 0.3) is 0 Å². The molecular weight excluding hydrogens is 186 g/mol. The van der Waals surface area contributed by atoms with Gasteiger partial charge in [-0.3, -0.25) is 9.69 Å². The summed E-state index contributed by atoms with van der Waals surface area (Å²) in [5, 5.41) is 0. The maximum Gasteiger partial charge on any atom is 0.179 e. The van der Waals surface area contributed by atoms with Gasteiger partial charge < -0.3 is 0 Å². The molecule has 0 spiro atoms. The molecule has 0 aromatic heterocycles. The van der Waals surface area contributed by atoms with E-state index in [1.54, 1.807) is 0 Å². The molecule has 0 radical (unpaired) electrons. The van der Waals surface area contributed by atoms with Crippen LogP contribution in [0.5, 0.6) is 0 Å². The van der Waals surface area contributed by atoms with Crippen molar-refractivity contribution >= 4 is 5.78 Å². The van der Waals surface area contributed by atoms with Gasteiger partial charge in [0.25, 0.3) is 0 Å². The summed E-state index contributed by atoms with van der Waals surface area (Å²) in [6.45, 7) is 4.15. The van der Waals surface area contributed by atoms with Crippen molar-refractivity contribution in [3.63, 3.8) is 0 Å². The van der Waals surface area contributed by atoms with Crippen LogP contribution in [0.4, 0.5) is 0 Å². The number of hydrogen-bond donors (Lipinski definition) is 0. The second-order valence-corrected chi connectivity index (χ2v) is 4.15. The minimum atomic E-state index is 0.0369. The van der Waals surface area contributed by atoms with E-state index >= 15 is 0 Å². The first-order valence-electron chi connectivity index (χ1n) is 5.62. The van der Waals surface area contributed by atoms with Gasteiger partial charge >= 0.3 is 0 Å². The Hall–Kier alpha value is -1.15. The summed E-state index contributed by atoms with van der Waals surface area (Å²) in [5.74, 6) is 0.248. The van der Waals surface area contributed by atoms with E-state index in [2.05, 4.69) is 4.90 Å². The molecule has 2 nitrogen and oxygen atoms in total. The molecule has 2 heteroatoms. The lowest BCUT2D eigenvalue weighted by Gasteiger charge is -2.22. The Bertz CT molecular complexity index is 328. The molecule has 80 valence electrons. The van der Waals surface area contributed by atoms with E-state index in [1.807, 2.05) is 37.3 Å². The molecule has 2 rings (SSSR count). The van der Waals surface area contributed by atoms with Crippen molar-refractivity contribution in [2.75, 3.05) is 13.1 Å². The molecule has 1 saturated heterocycles. The first-order chi connectivity index (χ1) is 7.29. The van der Waals surface area contributed by atoms with Crippen LogP contribution >= 0.6 is 0 Å². The van der Waals surface area contributed by atoms with Crippen molar-refractivity contribution in [2.45, 2.75) is 25.8 Å². The fourth-order valence-electron chi connectivity index (χ4n) is 2.14. The molecule has 1 aliphatic heterocycles. The number of ketones is 1. The van der Waals surface area contributed by atoms with Gasteiger partial charge in [0.05, 0.1) is 6.04 Å². The molecule has 0 aliphatic carbocycles. The minimum absolute atomic E-state index is 0.0369. The van der Waals surface area contributed by atoms with E-state index in [1.165, 1.54) is 12.8 Å². The highest BCUT2D eigenvalue weighted by molar-refractivity contribution is 5.99. The van der Waals surface area contributed by atoms with Crippen molar-refractivity contribution in [1.29, 1.82) is 0 Å². The Kier molecular flexibility index (Phi) is 3.17. The second-order valence-electron chi connectivity index (χ2n) is 4.15. The maximum absolute atomic E-state index is 12.1. The SMILES string of the molecule is CC(C(=O)c1ccccc1)N1CCCC1. The number of nitrogens with zero attached hydrogens (tertiary/aromatic N) is 1. The molecule has 15 heavy (non-hydrogen) atoms. The summed E-state index contributed by atoms with van der Waals surface area (Å²) < 4.78 is 0. The minimum Gasteiger partial charge on any atom is -0.294 e. The van der Waals surface area contributed by atoms with Crippen LogP contribution < -0.4 is 0 Å². The van der Waals surface area contributed by atoms with Crippen LogP contribution in [0.2, 0.25) is 0 Å². The summed E-state index contributed by atoms with van der Waals surface area (Å²) >= 11 is 0. The summed E-state index contributed by atoms with van der Waals surface area (Å²) in [5.41, 5.74) is 0.830. The largest absolute Gasteiger partial charge is 0.294 e. The Morgan fingerprint density at radius 1 is 1.20 bits per heavy atom. The van der Waals surface area contributed by atoms with Crippen LogP contribution in [-0.4, -0.2) is 29.8 Å². The van der Waals surface area contributed by atoms with E-state index < -0.39 is 0 Å². The molecule has 1 aliphatic rings. The van der Waals surface area contributed by atoms with Crippen LogP contribution in [0.1, 0.15) is 30.1 Å². The Morgan fingerprint density at radius 3 is 2.40 bits per heavy atom. The standard InChI is InChI=1S/C13H17NO/c1-11(14-9-5-6-10-14)13(15)12-7-3-2-4-8-12/h2-4,7-8,11H,5-6,9-10H2,1H3. The van der Waals surface area contributed by atoms with E-state index in [4.69, 9.17) is 0 Å². The highest BCUT2D eigenvalue weighted by atomic mass is 16.1. The van der Waals surface area contributed by atoms with Gasteiger partial charge in [0.2, 0.25) is 0 Å². The first-order valence-corrected chi connectivity index (χ1v) is 5.62. The van der Waals surface area contributed by atoms with Crippen molar-refractivity contribution in [3.8, 4) is 0 Å². The van der Waals surface area contributed by atoms with Gasteiger partial charge in [-0.05, 0) is 32.9 Å². The molecular formula is C13H17NO. The average molecular weight is 203 g/mol. The maximum atomic E-state index is 12.1. The number of Topliss-reactive ketones (excluding diaryl/α,β-unsaturated/α-hetero) is 1. The van der Waals surface area contributed by atoms with E-state index in [0.717, 1.165) is 18.7 Å². The predicted molar refractivity (Wildman–Crippen MR) is 61.0 cm³/mol. The molecule has 1 aromatic rings. The van der Waals surface area contributed by atoms with Gasteiger partial charge in [-0.1, -0.05) is 30.3 Å². The molecule has 0 saturated carbocycles. The third kappa shape index (κ3) is 2.26. The van der Waals surface area contributed by atoms with Crippen LogP contribution in [0.3, 0.4) is 0 Å². The number of carbonyl (C=O) groups is 1. The molecule has 0 bridgehead atoms. The van der Waals surface area contributed by atoms with Gasteiger partial charge in [0.15, 0.2) is 5.78 Å². The Morgan fingerprint density at radius 2 is 1.80 bits per heavy atom. The van der Waals surface area contributed by atoms with Gasteiger partial charge in [-0.2, -0.15) is 0 Å². The smallest absolute Gasteiger partial charge is 0.179 e. The van der Waals surface area contributed by atoms with Crippen molar-refractivity contribution in [3.05, 3.63) is 35.9 Å². The first kappa shape index (κ1) is 10.4. The molecule has 0 N–H and O–H groups in total. The average Bonchev–Trinajstić information content (AvgIpc) is 2.82. The lowest BCUT2D eigenvalue weighted by atomic mass is 10.0. The molecule has 1 atom stereocenters. The quantitative estimate of drug-likeness (QED) is 0.703. The number of benzene rings is 1. The Labute approximate surface area is 90.9 Å². The summed E-state index contributed by atoms with van der Waals surface area (Å²) in [6.07, 6.45) is 2.46. The number of likely N-dealkylation sites (tertiary alicyclic amines) is 1. The summed E-state index contributed by atoms with van der Waals surface area (Å²) in [4.78, 5) is 14.4. The number of carbonyl (C=O) groups excluding carboxylic acids is 1. The number of hydrogen-bond acceptors (Lipinski definition) is 2. The van der Waals surface area contributed by atoms with Crippen LogP contribution in [-0.2, 0) is 0 Å². The third-order valence-corrected chi connectivity index (χ3v) is 3.13. The van der Waals surface area contributed by atoms with Crippen molar-refractivity contribution in [1.82, 2.24) is 4.90 Å². The van der Waals surface area contributed by atoms with Gasteiger partial charge in [-0.15, -0.1) is 0 Å². The lowest BCUT2D eigenvalue weighted by molar-refractivity contribution is 0.0867. The predicted octanol–water partition coefficient (Wildman–Crippen LogP) is 2.35. The van der Waals surface area contributed by atoms with E-state index in [-0.39, 0.29) is 11.8 Å². The van der Waals surface area contributed by atoms with Gasteiger partial charge in [-0.25, -0.2) is 0 Å². The number of rotatable bonds is 3. The highest BCUT2D eigenvalue weighted by Gasteiger charge is 2.24. The van der Waals surface area contributed by atoms with E-state index in [0.29, 0.717) is 0 Å². The summed E-state index contributed by atoms with van der Waals surface area (Å²) in [6, 6.07) is 9.62. The normalized spacial score (nSPS) is 19.0. The zero-order chi connectivity index (χ0) is 10.7. The van der Waals surface area contributed by atoms with Gasteiger partial charge in [0.1, 0.15) is 0 Å². The second kappa shape index (κ2) is 4.58. The zero-order valence-electron chi connectivity index (χ0n) is 9.15. The fraction of sp³-hybridized carbons (Fsp3) is 0.462. The van der Waals surface area contributed by atoms with Crippen LogP contribution in [0, 0.1) is 0 Å². The molecule has 1 unspecified atom stereocenters. The van der Waals surface area contributed by atoms with Crippen molar-refractivity contribution in [2.24, 2.45) is 0 Å². The van der Waals surface area contributed by atoms with Crippen LogP contribution in [0.15, 0.2) is 30.3 Å². The topological polar surface area (TPSA) is 20.3 Å². The van der Waals surface area contributed by atoms with E-state index in [9.17, 15) is 4.79 Å². The molecule has 1 heterocycles. The zero-order valence-corrected chi connectivity index (χ0v) is 9.15. The van der Waals surface area contributed by atoms with Crippen molar-refractivity contribution < 1.29 is 4.79 Å².